The molecule has 0 amide bonds. The molecule has 1 aliphatic carbocycles. The van der Waals surface area contributed by atoms with E-state index < -0.39 is 0 Å². The number of ketones is 1. The van der Waals surface area contributed by atoms with E-state index in [2.05, 4.69) is 93.5 Å². The number of benzene rings is 2. The summed E-state index contributed by atoms with van der Waals surface area (Å²) in [5, 5.41) is 9.02. The van der Waals surface area contributed by atoms with E-state index in [4.69, 9.17) is 4.74 Å². The van der Waals surface area contributed by atoms with Crippen LogP contribution in [-0.4, -0.2) is 27.9 Å². The zero-order valence-electron chi connectivity index (χ0n) is 25.0. The van der Waals surface area contributed by atoms with Gasteiger partial charge in [0.2, 0.25) is 0 Å². The third kappa shape index (κ3) is 8.65. The Hall–Kier alpha value is -1.69. The van der Waals surface area contributed by atoms with E-state index in [0.29, 0.717) is 0 Å². The number of hydrogen-bond acceptors (Lipinski definition) is 4. The van der Waals surface area contributed by atoms with Crippen LogP contribution in [-0.2, 0) is 55.2 Å². The summed E-state index contributed by atoms with van der Waals surface area (Å²) in [5.41, 5.74) is 6.72. The topological polar surface area (TPSA) is 57.0 Å². The smallest absolute Gasteiger partial charge is 0.121 e. The van der Waals surface area contributed by atoms with Crippen LogP contribution in [0.25, 0.3) is 22.5 Å². The van der Waals surface area contributed by atoms with Crippen molar-refractivity contribution in [3.8, 4) is 22.5 Å². The SMILES string of the molecule is [CH2-]C(CC(C)(C)C)C(=O)C(C)(C)C.[CH2-]CCCn1nnc2c1-c1ccccc1C(OC)Cc1ccccc1-2.[Y]. The first-order valence-electron chi connectivity index (χ1n) is 13.7. The Kier molecular flexibility index (Phi) is 12.3. The zero-order valence-corrected chi connectivity index (χ0v) is 27.8. The van der Waals surface area contributed by atoms with E-state index in [1.165, 1.54) is 11.1 Å². The molecule has 6 heteroatoms. The van der Waals surface area contributed by atoms with Crippen molar-refractivity contribution >= 4 is 5.78 Å². The van der Waals surface area contributed by atoms with Gasteiger partial charge in [-0.3, -0.25) is 0 Å². The molecule has 0 aliphatic heterocycles. The first-order valence-corrected chi connectivity index (χ1v) is 13.7. The number of aromatic nitrogens is 3. The van der Waals surface area contributed by atoms with Crippen LogP contribution in [0.2, 0.25) is 0 Å². The van der Waals surface area contributed by atoms with Crippen molar-refractivity contribution in [2.75, 3.05) is 7.11 Å². The van der Waals surface area contributed by atoms with Gasteiger partial charge in [-0.25, -0.2) is 4.68 Å². The van der Waals surface area contributed by atoms with E-state index in [0.717, 1.165) is 54.7 Å². The van der Waals surface area contributed by atoms with Gasteiger partial charge in [-0.2, -0.15) is 6.42 Å². The predicted molar refractivity (Wildman–Crippen MR) is 156 cm³/mol. The van der Waals surface area contributed by atoms with Gasteiger partial charge in [0.05, 0.1) is 11.8 Å². The summed E-state index contributed by atoms with van der Waals surface area (Å²) in [6.45, 7) is 21.0. The molecular formula is C33H45N3O2Y-2. The quantitative estimate of drug-likeness (QED) is 0.268. The van der Waals surface area contributed by atoms with Gasteiger partial charge in [0.15, 0.2) is 0 Å². The number of rotatable bonds is 6. The van der Waals surface area contributed by atoms with Crippen LogP contribution in [0.1, 0.15) is 78.0 Å². The van der Waals surface area contributed by atoms with E-state index in [-0.39, 0.29) is 61.3 Å². The third-order valence-corrected chi connectivity index (χ3v) is 6.85. The van der Waals surface area contributed by atoms with Crippen molar-refractivity contribution in [2.45, 2.75) is 79.9 Å². The first-order chi connectivity index (χ1) is 17.9. The molecule has 0 spiro atoms. The summed E-state index contributed by atoms with van der Waals surface area (Å²) >= 11 is 0. The second kappa shape index (κ2) is 14.3. The maximum absolute atomic E-state index is 11.8. The molecule has 1 radical (unpaired) electrons. The number of hydrogen-bond donors (Lipinski definition) is 0. The number of carbonyl (C=O) groups excluding carboxylic acids is 1. The number of carbonyl (C=O) groups is 1. The molecule has 0 N–H and O–H groups in total. The maximum atomic E-state index is 11.8. The average Bonchev–Trinajstić information content (AvgIpc) is 3.26. The summed E-state index contributed by atoms with van der Waals surface area (Å²) in [7, 11) is 1.78. The minimum absolute atomic E-state index is 0. The van der Waals surface area contributed by atoms with Crippen molar-refractivity contribution in [3.63, 3.8) is 0 Å². The molecule has 2 atom stereocenters. The fourth-order valence-electron chi connectivity index (χ4n) is 5.07. The molecule has 0 saturated heterocycles. The number of fused-ring (bicyclic) bond motifs is 5. The van der Waals surface area contributed by atoms with Crippen LogP contribution < -0.4 is 0 Å². The molecule has 0 fully saturated rings. The van der Waals surface area contributed by atoms with Crippen LogP contribution in [0.5, 0.6) is 0 Å². The molecule has 2 aromatic carbocycles. The van der Waals surface area contributed by atoms with E-state index in [9.17, 15) is 4.79 Å². The molecule has 1 aliphatic rings. The molecule has 39 heavy (non-hydrogen) atoms. The van der Waals surface area contributed by atoms with Crippen LogP contribution in [0.15, 0.2) is 48.5 Å². The zero-order chi connectivity index (χ0) is 28.1. The Morgan fingerprint density at radius 3 is 2.26 bits per heavy atom. The Morgan fingerprint density at radius 1 is 1.05 bits per heavy atom. The van der Waals surface area contributed by atoms with Crippen molar-refractivity contribution in [3.05, 3.63) is 73.5 Å². The van der Waals surface area contributed by atoms with Gasteiger partial charge in [-0.15, -0.1) is 11.0 Å². The van der Waals surface area contributed by atoms with Crippen molar-refractivity contribution in [2.24, 2.45) is 16.7 Å². The summed E-state index contributed by atoms with van der Waals surface area (Å²) in [6, 6.07) is 16.9. The summed E-state index contributed by atoms with van der Waals surface area (Å²) in [6.07, 6.45) is 3.57. The van der Waals surface area contributed by atoms with Gasteiger partial charge in [-0.05, 0) is 16.5 Å². The molecule has 5 nitrogen and oxygen atoms in total. The second-order valence-corrected chi connectivity index (χ2v) is 12.5. The molecule has 1 aromatic heterocycles. The minimum atomic E-state index is -0.252. The van der Waals surface area contributed by atoms with Crippen LogP contribution in [0, 0.1) is 30.6 Å². The first kappa shape index (κ1) is 33.5. The molecule has 3 aromatic rings. The minimum Gasteiger partial charge on any atom is -0.376 e. The summed E-state index contributed by atoms with van der Waals surface area (Å²) in [4.78, 5) is 11.8. The normalized spacial score (nSPS) is 15.3. The Balaban J connectivity index is 0.000000328. The van der Waals surface area contributed by atoms with Gasteiger partial charge in [0, 0.05) is 69.3 Å². The number of ether oxygens (including phenoxy) is 1. The third-order valence-electron chi connectivity index (χ3n) is 6.85. The van der Waals surface area contributed by atoms with Crippen molar-refractivity contribution in [1.29, 1.82) is 0 Å². The number of aryl methyl sites for hydroxylation is 1. The monoisotopic (exact) mass is 604 g/mol. The fraction of sp³-hybridized carbons (Fsp3) is 0.485. The standard InChI is InChI=1S/C21H22N3O.C12H23O.Y/c1-3-4-13-24-21-18-12-8-7-11-17(18)19(25-2)14-15-9-5-6-10-16(15)20(21)22-23-24;1-9(8-11(2,3)4)10(13)12(5,6)7;/h5-12,19H,1,3-4,13-14H2,2H3;9H,1,8H2,2-7H3;/q2*-1;. The van der Waals surface area contributed by atoms with E-state index >= 15 is 0 Å². The number of Topliss-reactive ketones (excluding diaryl/α,β-unsaturated/α-hetero) is 1. The molecule has 1 heterocycles. The number of nitrogens with zero attached hydrogens (tertiary/aromatic N) is 3. The number of unbranched alkanes of at least 4 members (excludes halogenated alkanes) is 1. The molecule has 0 saturated carbocycles. The predicted octanol–water partition coefficient (Wildman–Crippen LogP) is 7.96. The van der Waals surface area contributed by atoms with E-state index in [1.54, 1.807) is 7.11 Å². The molecule has 0 bridgehead atoms. The Labute approximate surface area is 261 Å². The average molecular weight is 605 g/mol. The van der Waals surface area contributed by atoms with Crippen molar-refractivity contribution < 1.29 is 42.2 Å². The van der Waals surface area contributed by atoms with Crippen LogP contribution in [0.3, 0.4) is 0 Å². The summed E-state index contributed by atoms with van der Waals surface area (Å²) in [5.74, 6) is 0.197. The van der Waals surface area contributed by atoms with Gasteiger partial charge in [0.1, 0.15) is 11.5 Å². The van der Waals surface area contributed by atoms with Gasteiger partial charge in [0.25, 0.3) is 0 Å². The molecule has 209 valence electrons. The maximum Gasteiger partial charge on any atom is 0.121 e. The van der Waals surface area contributed by atoms with Gasteiger partial charge in [-0.1, -0.05) is 108 Å². The molecular weight excluding hydrogens is 559 g/mol. The van der Waals surface area contributed by atoms with E-state index in [1.807, 2.05) is 25.5 Å². The fourth-order valence-corrected chi connectivity index (χ4v) is 5.07. The Morgan fingerprint density at radius 2 is 1.67 bits per heavy atom. The van der Waals surface area contributed by atoms with Crippen LogP contribution >= 0.6 is 0 Å². The van der Waals surface area contributed by atoms with Crippen LogP contribution in [0.4, 0.5) is 0 Å². The molecule has 2 unspecified atom stereocenters. The Bertz CT molecular complexity index is 1220. The van der Waals surface area contributed by atoms with Crippen molar-refractivity contribution in [1.82, 2.24) is 15.0 Å². The number of methoxy groups -OCH3 is 1. The summed E-state index contributed by atoms with van der Waals surface area (Å²) < 4.78 is 7.88. The van der Waals surface area contributed by atoms with Gasteiger partial charge >= 0.3 is 0 Å². The van der Waals surface area contributed by atoms with Gasteiger partial charge < -0.3 is 23.4 Å². The second-order valence-electron chi connectivity index (χ2n) is 12.5. The largest absolute Gasteiger partial charge is 0.376 e. The molecule has 4 rings (SSSR count).